The molecule has 1 amide bonds. The van der Waals surface area contributed by atoms with Crippen molar-refractivity contribution in [2.45, 2.75) is 24.3 Å². The van der Waals surface area contributed by atoms with Crippen molar-refractivity contribution in [3.05, 3.63) is 12.4 Å². The maximum absolute atomic E-state index is 11.1. The Morgan fingerprint density at radius 2 is 2.17 bits per heavy atom. The summed E-state index contributed by atoms with van der Waals surface area (Å²) >= 11 is 1.36. The molecule has 2 rings (SSSR count). The quantitative estimate of drug-likeness (QED) is 0.272. The molecule has 98 valence electrons. The number of nitrogens with two attached hydrogens (primary N) is 1. The van der Waals surface area contributed by atoms with Crippen LogP contribution in [0.25, 0.3) is 0 Å². The molecule has 0 unspecified atom stereocenters. The van der Waals surface area contributed by atoms with E-state index in [4.69, 9.17) is 5.84 Å². The summed E-state index contributed by atoms with van der Waals surface area (Å²) in [4.78, 5) is 21.8. The molecule has 6 nitrogen and oxygen atoms in total. The molecule has 0 saturated carbocycles. The predicted molar refractivity (Wildman–Crippen MR) is 71.2 cm³/mol. The number of rotatable bonds is 4. The normalized spacial score (nSPS) is 15.5. The minimum atomic E-state index is -0.210. The second-order valence-corrected chi connectivity index (χ2v) is 5.11. The summed E-state index contributed by atoms with van der Waals surface area (Å²) in [5.41, 5.74) is 2.10. The predicted octanol–water partition coefficient (Wildman–Crippen LogP) is 0.549. The largest absolute Gasteiger partial charge is 0.356 e. The average molecular weight is 267 g/mol. The lowest BCUT2D eigenvalue weighted by atomic mass is 10.1. The first-order chi connectivity index (χ1) is 8.79. The summed E-state index contributed by atoms with van der Waals surface area (Å²) in [6.07, 6.45) is 5.26. The Kier molecular flexibility index (Phi) is 4.77. The van der Waals surface area contributed by atoms with Crippen molar-refractivity contribution in [2.75, 3.05) is 23.7 Å². The SMILES string of the molecule is NNC(=O)CSc1cc(N2CCCCC2)ncn1. The van der Waals surface area contributed by atoms with Gasteiger partial charge in [-0.05, 0) is 19.3 Å². The molecule has 0 radical (unpaired) electrons. The molecule has 1 aliphatic rings. The van der Waals surface area contributed by atoms with Crippen LogP contribution in [0.15, 0.2) is 17.4 Å². The maximum Gasteiger partial charge on any atom is 0.244 e. The first-order valence-corrected chi connectivity index (χ1v) is 6.97. The first kappa shape index (κ1) is 13.1. The molecule has 1 fully saturated rings. The van der Waals surface area contributed by atoms with E-state index in [1.807, 2.05) is 6.07 Å². The van der Waals surface area contributed by atoms with Crippen LogP contribution < -0.4 is 16.2 Å². The minimum absolute atomic E-state index is 0.210. The number of hydrogen-bond donors (Lipinski definition) is 2. The molecule has 7 heteroatoms. The third-order valence-corrected chi connectivity index (χ3v) is 3.75. The Balaban J connectivity index is 1.98. The van der Waals surface area contributed by atoms with Gasteiger partial charge in [0.1, 0.15) is 17.2 Å². The molecule has 0 spiro atoms. The average Bonchev–Trinajstić information content (AvgIpc) is 2.46. The molecule has 0 aromatic carbocycles. The number of hydrazine groups is 1. The summed E-state index contributed by atoms with van der Waals surface area (Å²) in [5, 5.41) is 0.800. The molecule has 0 bridgehead atoms. The number of carbonyl (C=O) groups is 1. The van der Waals surface area contributed by atoms with Gasteiger partial charge in [0.15, 0.2) is 0 Å². The molecular weight excluding hydrogens is 250 g/mol. The van der Waals surface area contributed by atoms with Crippen LogP contribution in [0.1, 0.15) is 19.3 Å². The fraction of sp³-hybridized carbons (Fsp3) is 0.545. The Hall–Kier alpha value is -1.34. The van der Waals surface area contributed by atoms with Crippen molar-refractivity contribution < 1.29 is 4.79 Å². The fourth-order valence-corrected chi connectivity index (χ4v) is 2.56. The van der Waals surface area contributed by atoms with Crippen LogP contribution in [-0.4, -0.2) is 34.7 Å². The first-order valence-electron chi connectivity index (χ1n) is 5.99. The van der Waals surface area contributed by atoms with Crippen LogP contribution in [0, 0.1) is 0 Å². The number of piperidine rings is 1. The molecule has 1 aromatic heterocycles. The van der Waals surface area contributed by atoms with Gasteiger partial charge in [0, 0.05) is 19.2 Å². The molecular formula is C11H17N5OS. The lowest BCUT2D eigenvalue weighted by Crippen LogP contribution is -2.31. The lowest BCUT2D eigenvalue weighted by molar-refractivity contribution is -0.118. The Morgan fingerprint density at radius 3 is 2.89 bits per heavy atom. The highest BCUT2D eigenvalue weighted by atomic mass is 32.2. The Labute approximate surface area is 110 Å². The van der Waals surface area contributed by atoms with Gasteiger partial charge in [-0.15, -0.1) is 0 Å². The standard InChI is InChI=1S/C11H17N5OS/c12-15-10(17)7-18-11-6-9(13-8-14-11)16-4-2-1-3-5-16/h6,8H,1-5,7,12H2,(H,15,17). The van der Waals surface area contributed by atoms with E-state index in [-0.39, 0.29) is 11.7 Å². The third-order valence-electron chi connectivity index (χ3n) is 2.82. The van der Waals surface area contributed by atoms with Crippen molar-refractivity contribution in [2.24, 2.45) is 5.84 Å². The van der Waals surface area contributed by atoms with Gasteiger partial charge in [0.25, 0.3) is 0 Å². The third kappa shape index (κ3) is 3.58. The van der Waals surface area contributed by atoms with E-state index >= 15 is 0 Å². The van der Waals surface area contributed by atoms with E-state index in [2.05, 4.69) is 20.3 Å². The van der Waals surface area contributed by atoms with Crippen LogP contribution in [-0.2, 0) is 4.79 Å². The van der Waals surface area contributed by atoms with E-state index in [9.17, 15) is 4.79 Å². The molecule has 0 aliphatic carbocycles. The maximum atomic E-state index is 11.1. The summed E-state index contributed by atoms with van der Waals surface area (Å²) in [7, 11) is 0. The van der Waals surface area contributed by atoms with Gasteiger partial charge in [-0.1, -0.05) is 11.8 Å². The van der Waals surface area contributed by atoms with Crippen LogP contribution in [0.5, 0.6) is 0 Å². The van der Waals surface area contributed by atoms with Gasteiger partial charge in [-0.2, -0.15) is 0 Å². The Bertz CT molecular complexity index is 408. The van der Waals surface area contributed by atoms with Gasteiger partial charge >= 0.3 is 0 Å². The highest BCUT2D eigenvalue weighted by Gasteiger charge is 2.13. The van der Waals surface area contributed by atoms with E-state index in [0.29, 0.717) is 0 Å². The van der Waals surface area contributed by atoms with Crippen molar-refractivity contribution >= 4 is 23.5 Å². The van der Waals surface area contributed by atoms with Gasteiger partial charge in [-0.3, -0.25) is 10.2 Å². The number of hydrogen-bond acceptors (Lipinski definition) is 6. The molecule has 1 saturated heterocycles. The lowest BCUT2D eigenvalue weighted by Gasteiger charge is -2.27. The molecule has 2 heterocycles. The number of aromatic nitrogens is 2. The van der Waals surface area contributed by atoms with Crippen molar-refractivity contribution in [1.82, 2.24) is 15.4 Å². The monoisotopic (exact) mass is 267 g/mol. The van der Waals surface area contributed by atoms with E-state index in [1.165, 1.54) is 31.0 Å². The van der Waals surface area contributed by atoms with E-state index < -0.39 is 0 Å². The van der Waals surface area contributed by atoms with Crippen LogP contribution in [0.4, 0.5) is 5.82 Å². The van der Waals surface area contributed by atoms with Gasteiger partial charge in [-0.25, -0.2) is 15.8 Å². The summed E-state index contributed by atoms with van der Waals surface area (Å²) < 4.78 is 0. The second-order valence-electron chi connectivity index (χ2n) is 4.12. The zero-order valence-electron chi connectivity index (χ0n) is 10.1. The number of amides is 1. The summed E-state index contributed by atoms with van der Waals surface area (Å²) in [6.45, 7) is 2.09. The van der Waals surface area contributed by atoms with Crippen molar-refractivity contribution in [3.63, 3.8) is 0 Å². The second kappa shape index (κ2) is 6.55. The number of thioether (sulfide) groups is 1. The Morgan fingerprint density at radius 1 is 1.39 bits per heavy atom. The molecule has 1 aromatic rings. The topological polar surface area (TPSA) is 84.1 Å². The van der Waals surface area contributed by atoms with Gasteiger partial charge in [0.05, 0.1) is 5.75 Å². The minimum Gasteiger partial charge on any atom is -0.356 e. The summed E-state index contributed by atoms with van der Waals surface area (Å²) in [5.74, 6) is 6.03. The fourth-order valence-electron chi connectivity index (χ4n) is 1.89. The van der Waals surface area contributed by atoms with E-state index in [1.54, 1.807) is 6.33 Å². The van der Waals surface area contributed by atoms with Gasteiger partial charge < -0.3 is 4.90 Å². The van der Waals surface area contributed by atoms with Crippen molar-refractivity contribution in [3.8, 4) is 0 Å². The van der Waals surface area contributed by atoms with Crippen LogP contribution in [0.3, 0.4) is 0 Å². The zero-order valence-corrected chi connectivity index (χ0v) is 10.9. The summed E-state index contributed by atoms with van der Waals surface area (Å²) in [6, 6.07) is 1.93. The van der Waals surface area contributed by atoms with Crippen molar-refractivity contribution in [1.29, 1.82) is 0 Å². The smallest absolute Gasteiger partial charge is 0.244 e. The molecule has 18 heavy (non-hydrogen) atoms. The molecule has 0 atom stereocenters. The number of anilines is 1. The van der Waals surface area contributed by atoms with Gasteiger partial charge in [0.2, 0.25) is 5.91 Å². The zero-order chi connectivity index (χ0) is 12.8. The van der Waals surface area contributed by atoms with E-state index in [0.717, 1.165) is 23.9 Å². The van der Waals surface area contributed by atoms with Crippen LogP contribution in [0.2, 0.25) is 0 Å². The molecule has 1 aliphatic heterocycles. The molecule has 3 N–H and O–H groups in total. The number of nitrogens with one attached hydrogen (secondary N) is 1. The highest BCUT2D eigenvalue weighted by Crippen LogP contribution is 2.21. The number of nitrogens with zero attached hydrogens (tertiary/aromatic N) is 3. The highest BCUT2D eigenvalue weighted by molar-refractivity contribution is 7.99. The number of carbonyl (C=O) groups excluding carboxylic acids is 1. The van der Waals surface area contributed by atoms with Crippen LogP contribution >= 0.6 is 11.8 Å².